The highest BCUT2D eigenvalue weighted by molar-refractivity contribution is 5.85. The van der Waals surface area contributed by atoms with Crippen LogP contribution in [0.1, 0.15) is 6.92 Å². The zero-order valence-electron chi connectivity index (χ0n) is 10.5. The number of amides is 1. The van der Waals surface area contributed by atoms with Gasteiger partial charge in [-0.3, -0.25) is 23.7 Å². The topological polar surface area (TPSA) is 82.1 Å². The standard InChI is InChI=1S/C10H13N5O3/c1-6(16)14(4)15-5-11-8-7(15)9(17)13(3)10(18)12(8)2/h5H,1-4H3. The van der Waals surface area contributed by atoms with Crippen molar-refractivity contribution < 1.29 is 4.79 Å². The summed E-state index contributed by atoms with van der Waals surface area (Å²) in [6, 6.07) is 0. The molecule has 2 aromatic rings. The van der Waals surface area contributed by atoms with Gasteiger partial charge in [0.25, 0.3) is 5.56 Å². The first kappa shape index (κ1) is 12.1. The molecule has 0 unspecified atom stereocenters. The Hall–Kier alpha value is -2.38. The molecule has 2 rings (SSSR count). The van der Waals surface area contributed by atoms with E-state index in [1.807, 2.05) is 0 Å². The van der Waals surface area contributed by atoms with E-state index in [2.05, 4.69) is 4.98 Å². The highest BCUT2D eigenvalue weighted by atomic mass is 16.2. The van der Waals surface area contributed by atoms with Crippen LogP contribution in [0.2, 0.25) is 0 Å². The third kappa shape index (κ3) is 1.45. The fourth-order valence-corrected chi connectivity index (χ4v) is 1.71. The fourth-order valence-electron chi connectivity index (χ4n) is 1.71. The lowest BCUT2D eigenvalue weighted by Gasteiger charge is -2.16. The molecule has 0 N–H and O–H groups in total. The normalized spacial score (nSPS) is 10.9. The number of aryl methyl sites for hydroxylation is 1. The lowest BCUT2D eigenvalue weighted by molar-refractivity contribution is -0.117. The molecule has 0 bridgehead atoms. The highest BCUT2D eigenvalue weighted by Crippen LogP contribution is 2.05. The number of imidazole rings is 1. The number of fused-ring (bicyclic) bond motifs is 1. The second-order valence-electron chi connectivity index (χ2n) is 4.01. The predicted molar refractivity (Wildman–Crippen MR) is 65.0 cm³/mol. The number of rotatable bonds is 1. The Bertz CT molecular complexity index is 751. The summed E-state index contributed by atoms with van der Waals surface area (Å²) in [6.45, 7) is 1.37. The molecule has 8 nitrogen and oxygen atoms in total. The zero-order chi connectivity index (χ0) is 13.6. The van der Waals surface area contributed by atoms with Gasteiger partial charge in [0.05, 0.1) is 0 Å². The maximum atomic E-state index is 12.1. The molecule has 0 aliphatic carbocycles. The molecule has 96 valence electrons. The van der Waals surface area contributed by atoms with E-state index in [4.69, 9.17) is 0 Å². The van der Waals surface area contributed by atoms with Crippen molar-refractivity contribution >= 4 is 17.1 Å². The van der Waals surface area contributed by atoms with Crippen molar-refractivity contribution in [1.29, 1.82) is 0 Å². The highest BCUT2D eigenvalue weighted by Gasteiger charge is 2.17. The van der Waals surface area contributed by atoms with E-state index in [1.54, 1.807) is 0 Å². The van der Waals surface area contributed by atoms with E-state index in [0.717, 1.165) is 4.57 Å². The van der Waals surface area contributed by atoms with Gasteiger partial charge < -0.3 is 0 Å². The SMILES string of the molecule is CC(=O)N(C)n1cnc2c1c(=O)n(C)c(=O)n2C. The average molecular weight is 251 g/mol. The van der Waals surface area contributed by atoms with Crippen molar-refractivity contribution in [2.75, 3.05) is 12.1 Å². The van der Waals surface area contributed by atoms with E-state index in [9.17, 15) is 14.4 Å². The van der Waals surface area contributed by atoms with Gasteiger partial charge in [0.15, 0.2) is 11.2 Å². The van der Waals surface area contributed by atoms with Crippen molar-refractivity contribution in [2.45, 2.75) is 6.92 Å². The Balaban J connectivity index is 2.95. The Morgan fingerprint density at radius 2 is 1.89 bits per heavy atom. The molecule has 0 atom stereocenters. The molecular formula is C10H13N5O3. The van der Waals surface area contributed by atoms with Gasteiger partial charge in [-0.15, -0.1) is 0 Å². The summed E-state index contributed by atoms with van der Waals surface area (Å²) < 4.78 is 3.58. The first-order chi connectivity index (χ1) is 8.36. The summed E-state index contributed by atoms with van der Waals surface area (Å²) in [5.41, 5.74) is -0.504. The molecule has 0 aliphatic rings. The van der Waals surface area contributed by atoms with Gasteiger partial charge >= 0.3 is 5.69 Å². The van der Waals surface area contributed by atoms with E-state index in [1.165, 1.54) is 48.6 Å². The van der Waals surface area contributed by atoms with Crippen molar-refractivity contribution in [3.63, 3.8) is 0 Å². The van der Waals surface area contributed by atoms with E-state index in [-0.39, 0.29) is 17.1 Å². The van der Waals surface area contributed by atoms with Crippen LogP contribution in [-0.4, -0.2) is 31.7 Å². The predicted octanol–water partition coefficient (Wildman–Crippen LogP) is -1.45. The number of nitrogens with zero attached hydrogens (tertiary/aromatic N) is 5. The molecular weight excluding hydrogens is 238 g/mol. The molecule has 0 aliphatic heterocycles. The molecule has 2 heterocycles. The Morgan fingerprint density at radius 1 is 1.28 bits per heavy atom. The maximum absolute atomic E-state index is 12.1. The molecule has 18 heavy (non-hydrogen) atoms. The van der Waals surface area contributed by atoms with Crippen molar-refractivity contribution in [2.24, 2.45) is 14.1 Å². The van der Waals surface area contributed by atoms with Gasteiger partial charge in [-0.05, 0) is 0 Å². The Labute approximate surface area is 102 Å². The molecule has 1 amide bonds. The smallest absolute Gasteiger partial charge is 0.279 e. The van der Waals surface area contributed by atoms with Gasteiger partial charge in [-0.2, -0.15) is 0 Å². The lowest BCUT2D eigenvalue weighted by Crippen LogP contribution is -2.40. The molecule has 0 aromatic carbocycles. The number of aromatic nitrogens is 4. The number of hydrogen-bond acceptors (Lipinski definition) is 4. The van der Waals surface area contributed by atoms with Crippen molar-refractivity contribution in [3.05, 3.63) is 27.2 Å². The van der Waals surface area contributed by atoms with Crippen molar-refractivity contribution in [1.82, 2.24) is 18.8 Å². The first-order valence-electron chi connectivity index (χ1n) is 5.24. The monoisotopic (exact) mass is 251 g/mol. The van der Waals surface area contributed by atoms with Crippen LogP contribution in [0.15, 0.2) is 15.9 Å². The van der Waals surface area contributed by atoms with Gasteiger partial charge in [-0.1, -0.05) is 0 Å². The van der Waals surface area contributed by atoms with Crippen LogP contribution in [0.25, 0.3) is 11.2 Å². The van der Waals surface area contributed by atoms with E-state index in [0.29, 0.717) is 0 Å². The van der Waals surface area contributed by atoms with Crippen LogP contribution in [0.5, 0.6) is 0 Å². The van der Waals surface area contributed by atoms with Crippen LogP contribution in [-0.2, 0) is 18.9 Å². The fraction of sp³-hybridized carbons (Fsp3) is 0.400. The Morgan fingerprint density at radius 3 is 2.44 bits per heavy atom. The second kappa shape index (κ2) is 3.83. The van der Waals surface area contributed by atoms with Gasteiger partial charge in [0.1, 0.15) is 6.33 Å². The van der Waals surface area contributed by atoms with Gasteiger partial charge in [0, 0.05) is 28.1 Å². The van der Waals surface area contributed by atoms with Crippen LogP contribution < -0.4 is 16.3 Å². The molecule has 0 fully saturated rings. The summed E-state index contributed by atoms with van der Waals surface area (Å²) in [5.74, 6) is -0.245. The van der Waals surface area contributed by atoms with Crippen LogP contribution in [0, 0.1) is 0 Å². The minimum Gasteiger partial charge on any atom is -0.279 e. The molecule has 0 spiro atoms. The summed E-state index contributed by atoms with van der Waals surface area (Å²) >= 11 is 0. The summed E-state index contributed by atoms with van der Waals surface area (Å²) in [7, 11) is 4.43. The maximum Gasteiger partial charge on any atom is 0.332 e. The third-order valence-electron chi connectivity index (χ3n) is 2.91. The number of carbonyl (C=O) groups excluding carboxylic acids is 1. The lowest BCUT2D eigenvalue weighted by atomic mass is 10.5. The molecule has 0 saturated carbocycles. The second-order valence-corrected chi connectivity index (χ2v) is 4.01. The van der Waals surface area contributed by atoms with Crippen LogP contribution in [0.4, 0.5) is 0 Å². The molecule has 2 aromatic heterocycles. The van der Waals surface area contributed by atoms with Gasteiger partial charge in [0.2, 0.25) is 5.91 Å². The Kier molecular flexibility index (Phi) is 2.57. The zero-order valence-corrected chi connectivity index (χ0v) is 10.5. The van der Waals surface area contributed by atoms with E-state index < -0.39 is 11.2 Å². The minimum atomic E-state index is -0.487. The summed E-state index contributed by atoms with van der Waals surface area (Å²) in [4.78, 5) is 39.1. The molecule has 8 heteroatoms. The van der Waals surface area contributed by atoms with Crippen LogP contribution >= 0.6 is 0 Å². The number of carbonyl (C=O) groups is 1. The molecule has 0 radical (unpaired) electrons. The molecule has 0 saturated heterocycles. The quantitative estimate of drug-likeness (QED) is 0.620. The summed E-state index contributed by atoms with van der Waals surface area (Å²) in [6.07, 6.45) is 1.34. The first-order valence-corrected chi connectivity index (χ1v) is 5.24. The third-order valence-corrected chi connectivity index (χ3v) is 2.91. The van der Waals surface area contributed by atoms with Crippen molar-refractivity contribution in [3.8, 4) is 0 Å². The average Bonchev–Trinajstić information content (AvgIpc) is 2.77. The van der Waals surface area contributed by atoms with Gasteiger partial charge in [-0.25, -0.2) is 14.5 Å². The number of hydrogen-bond donors (Lipinski definition) is 0. The van der Waals surface area contributed by atoms with E-state index >= 15 is 0 Å². The largest absolute Gasteiger partial charge is 0.332 e. The minimum absolute atomic E-state index is 0.192. The van der Waals surface area contributed by atoms with Crippen LogP contribution in [0.3, 0.4) is 0 Å². The summed E-state index contributed by atoms with van der Waals surface area (Å²) in [5, 5.41) is 1.25.